The second-order valence-electron chi connectivity index (χ2n) is 4.26. The van der Waals surface area contributed by atoms with Crippen LogP contribution in [-0.4, -0.2) is 12.6 Å². The van der Waals surface area contributed by atoms with Gasteiger partial charge < -0.3 is 4.74 Å². The van der Waals surface area contributed by atoms with Crippen molar-refractivity contribution in [1.29, 1.82) is 0 Å². The zero-order chi connectivity index (χ0) is 11.4. The molecule has 0 aliphatic heterocycles. The van der Waals surface area contributed by atoms with Crippen LogP contribution in [0.1, 0.15) is 40.0 Å². The van der Waals surface area contributed by atoms with Crippen LogP contribution in [0.25, 0.3) is 0 Å². The molecule has 0 bridgehead atoms. The molecule has 84 valence electrons. The van der Waals surface area contributed by atoms with Crippen molar-refractivity contribution in [3.63, 3.8) is 0 Å². The minimum atomic E-state index is -0.123. The van der Waals surface area contributed by atoms with E-state index < -0.39 is 0 Å². The van der Waals surface area contributed by atoms with E-state index in [1.54, 1.807) is 0 Å². The number of carbonyl (C=O) groups is 1. The smallest absolute Gasteiger partial charge is 0.305 e. The number of esters is 1. The lowest BCUT2D eigenvalue weighted by Gasteiger charge is -2.15. The highest BCUT2D eigenvalue weighted by Crippen LogP contribution is 2.35. The minimum Gasteiger partial charge on any atom is -0.461 e. The molecule has 0 spiro atoms. The van der Waals surface area contributed by atoms with Gasteiger partial charge in [-0.05, 0) is 32.3 Å². The Hall–Kier alpha value is -1.05. The molecule has 1 rings (SSSR count). The largest absolute Gasteiger partial charge is 0.461 e. The SMILES string of the molecule is C=C(C)C1CCC(C)=C1COC(=O)CC. The van der Waals surface area contributed by atoms with Crippen molar-refractivity contribution >= 4 is 5.97 Å². The molecule has 0 radical (unpaired) electrons. The van der Waals surface area contributed by atoms with Crippen molar-refractivity contribution < 1.29 is 9.53 Å². The molecule has 1 atom stereocenters. The van der Waals surface area contributed by atoms with Crippen LogP contribution in [0.4, 0.5) is 0 Å². The van der Waals surface area contributed by atoms with Gasteiger partial charge in [-0.15, -0.1) is 0 Å². The van der Waals surface area contributed by atoms with Crippen LogP contribution in [-0.2, 0) is 9.53 Å². The second-order valence-corrected chi connectivity index (χ2v) is 4.26. The summed E-state index contributed by atoms with van der Waals surface area (Å²) in [5, 5.41) is 0. The lowest BCUT2D eigenvalue weighted by molar-refractivity contribution is -0.142. The van der Waals surface area contributed by atoms with E-state index in [-0.39, 0.29) is 5.97 Å². The molecule has 0 saturated heterocycles. The second kappa shape index (κ2) is 5.15. The molecule has 1 unspecified atom stereocenters. The zero-order valence-electron chi connectivity index (χ0n) is 9.93. The summed E-state index contributed by atoms with van der Waals surface area (Å²) in [5.41, 5.74) is 3.81. The van der Waals surface area contributed by atoms with Crippen molar-refractivity contribution in [3.8, 4) is 0 Å². The minimum absolute atomic E-state index is 0.123. The molecule has 0 fully saturated rings. The number of rotatable bonds is 4. The van der Waals surface area contributed by atoms with Gasteiger partial charge in [-0.25, -0.2) is 0 Å². The molecule has 1 aliphatic carbocycles. The summed E-state index contributed by atoms with van der Waals surface area (Å²) in [7, 11) is 0. The van der Waals surface area contributed by atoms with Gasteiger partial charge in [0.05, 0.1) is 0 Å². The van der Waals surface area contributed by atoms with Gasteiger partial charge in [0.1, 0.15) is 6.61 Å². The summed E-state index contributed by atoms with van der Waals surface area (Å²) >= 11 is 0. The molecular formula is C13H20O2. The van der Waals surface area contributed by atoms with E-state index in [2.05, 4.69) is 13.5 Å². The van der Waals surface area contributed by atoms with Crippen LogP contribution in [0.5, 0.6) is 0 Å². The molecule has 0 saturated carbocycles. The fourth-order valence-corrected chi connectivity index (χ4v) is 2.02. The van der Waals surface area contributed by atoms with Crippen molar-refractivity contribution in [2.75, 3.05) is 6.61 Å². The van der Waals surface area contributed by atoms with E-state index in [1.165, 1.54) is 16.7 Å². The molecule has 0 aromatic heterocycles. The molecule has 2 nitrogen and oxygen atoms in total. The van der Waals surface area contributed by atoms with Crippen LogP contribution in [0.2, 0.25) is 0 Å². The molecule has 0 amide bonds. The number of hydrogen-bond acceptors (Lipinski definition) is 2. The number of hydrogen-bond donors (Lipinski definition) is 0. The summed E-state index contributed by atoms with van der Waals surface area (Å²) in [4.78, 5) is 11.1. The normalized spacial score (nSPS) is 20.6. The predicted octanol–water partition coefficient (Wildman–Crippen LogP) is 3.24. The van der Waals surface area contributed by atoms with Crippen molar-refractivity contribution in [3.05, 3.63) is 23.3 Å². The summed E-state index contributed by atoms with van der Waals surface area (Å²) in [6.07, 6.45) is 2.68. The third-order valence-corrected chi connectivity index (χ3v) is 3.05. The lowest BCUT2D eigenvalue weighted by atomic mass is 9.95. The maximum Gasteiger partial charge on any atom is 0.305 e. The van der Waals surface area contributed by atoms with Crippen LogP contribution in [0, 0.1) is 5.92 Å². The Morgan fingerprint density at radius 2 is 2.27 bits per heavy atom. The van der Waals surface area contributed by atoms with Gasteiger partial charge in [-0.2, -0.15) is 0 Å². The van der Waals surface area contributed by atoms with Crippen LogP contribution in [0.3, 0.4) is 0 Å². The number of carbonyl (C=O) groups excluding carboxylic acids is 1. The Kier molecular flexibility index (Phi) is 4.13. The Labute approximate surface area is 92.0 Å². The van der Waals surface area contributed by atoms with Crippen LogP contribution < -0.4 is 0 Å². The van der Waals surface area contributed by atoms with E-state index in [9.17, 15) is 4.79 Å². The molecule has 15 heavy (non-hydrogen) atoms. The summed E-state index contributed by atoms with van der Waals surface area (Å²) in [6, 6.07) is 0. The number of ether oxygens (including phenoxy) is 1. The Bertz CT molecular complexity index is 300. The zero-order valence-corrected chi connectivity index (χ0v) is 9.93. The van der Waals surface area contributed by atoms with Gasteiger partial charge in [0.15, 0.2) is 0 Å². The molecule has 0 aromatic rings. The quantitative estimate of drug-likeness (QED) is 0.523. The monoisotopic (exact) mass is 208 g/mol. The fraction of sp³-hybridized carbons (Fsp3) is 0.615. The Morgan fingerprint density at radius 3 is 2.80 bits per heavy atom. The summed E-state index contributed by atoms with van der Waals surface area (Å²) in [5.74, 6) is 0.303. The topological polar surface area (TPSA) is 26.3 Å². The molecule has 1 aliphatic rings. The highest BCUT2D eigenvalue weighted by atomic mass is 16.5. The predicted molar refractivity (Wildman–Crippen MR) is 61.5 cm³/mol. The van der Waals surface area contributed by atoms with E-state index in [1.807, 2.05) is 13.8 Å². The first-order valence-corrected chi connectivity index (χ1v) is 5.55. The van der Waals surface area contributed by atoms with Gasteiger partial charge in [0, 0.05) is 12.3 Å². The average Bonchev–Trinajstić information content (AvgIpc) is 2.56. The number of allylic oxidation sites excluding steroid dienone is 2. The van der Waals surface area contributed by atoms with Crippen molar-refractivity contribution in [2.45, 2.75) is 40.0 Å². The van der Waals surface area contributed by atoms with Crippen LogP contribution >= 0.6 is 0 Å². The Morgan fingerprint density at radius 1 is 1.60 bits per heavy atom. The van der Waals surface area contributed by atoms with Gasteiger partial charge in [0.25, 0.3) is 0 Å². The standard InChI is InChI=1S/C13H20O2/c1-5-13(14)15-8-12-10(4)6-7-11(12)9(2)3/h11H,2,5-8H2,1,3-4H3. The molecule has 0 N–H and O–H groups in total. The van der Waals surface area contributed by atoms with Gasteiger partial charge >= 0.3 is 5.97 Å². The maximum absolute atomic E-state index is 11.1. The average molecular weight is 208 g/mol. The van der Waals surface area contributed by atoms with Gasteiger partial charge in [0.2, 0.25) is 0 Å². The third-order valence-electron chi connectivity index (χ3n) is 3.05. The first-order valence-electron chi connectivity index (χ1n) is 5.55. The van der Waals surface area contributed by atoms with E-state index in [4.69, 9.17) is 4.74 Å². The highest BCUT2D eigenvalue weighted by molar-refractivity contribution is 5.69. The van der Waals surface area contributed by atoms with Crippen LogP contribution in [0.15, 0.2) is 23.3 Å². The lowest BCUT2D eigenvalue weighted by Crippen LogP contribution is -2.11. The molecule has 0 aromatic carbocycles. The summed E-state index contributed by atoms with van der Waals surface area (Å²) in [6.45, 7) is 10.4. The van der Waals surface area contributed by atoms with E-state index in [0.29, 0.717) is 18.9 Å². The third kappa shape index (κ3) is 2.95. The van der Waals surface area contributed by atoms with Crippen molar-refractivity contribution in [1.82, 2.24) is 0 Å². The maximum atomic E-state index is 11.1. The molecular weight excluding hydrogens is 188 g/mol. The highest BCUT2D eigenvalue weighted by Gasteiger charge is 2.24. The first-order chi connectivity index (χ1) is 7.06. The van der Waals surface area contributed by atoms with Crippen molar-refractivity contribution in [2.24, 2.45) is 5.92 Å². The molecule has 0 heterocycles. The first kappa shape index (κ1) is 12.0. The van der Waals surface area contributed by atoms with Gasteiger partial charge in [-0.3, -0.25) is 4.79 Å². The summed E-state index contributed by atoms with van der Waals surface area (Å²) < 4.78 is 5.19. The fourth-order valence-electron chi connectivity index (χ4n) is 2.02. The molecule has 2 heteroatoms. The van der Waals surface area contributed by atoms with E-state index in [0.717, 1.165) is 12.8 Å². The van der Waals surface area contributed by atoms with E-state index >= 15 is 0 Å². The Balaban J connectivity index is 2.61. The van der Waals surface area contributed by atoms with Gasteiger partial charge in [-0.1, -0.05) is 24.6 Å².